The molecule has 2 atom stereocenters. The van der Waals surface area contributed by atoms with Crippen LogP contribution in [0.15, 0.2) is 18.2 Å². The summed E-state index contributed by atoms with van der Waals surface area (Å²) in [5.41, 5.74) is -0.0154. The maximum atomic E-state index is 14.0. The van der Waals surface area contributed by atoms with E-state index in [4.69, 9.17) is 4.74 Å². The second-order valence-electron chi connectivity index (χ2n) is 6.45. The molecule has 6 heteroatoms. The zero-order chi connectivity index (χ0) is 17.5. The van der Waals surface area contributed by atoms with Crippen molar-refractivity contribution in [2.45, 2.75) is 44.2 Å². The molecular weight excluding hydrogens is 314 g/mol. The average molecular weight is 340 g/mol. The first-order valence-corrected chi connectivity index (χ1v) is 8.47. The van der Waals surface area contributed by atoms with E-state index in [0.29, 0.717) is 12.8 Å². The van der Waals surface area contributed by atoms with Gasteiger partial charge in [0.2, 0.25) is 5.91 Å². The Kier molecular flexibility index (Phi) is 7.12. The summed E-state index contributed by atoms with van der Waals surface area (Å²) in [6, 6.07) is 3.25. The largest absolute Gasteiger partial charge is 0.378 e. The van der Waals surface area contributed by atoms with Gasteiger partial charge in [0.05, 0.1) is 12.1 Å². The van der Waals surface area contributed by atoms with Gasteiger partial charge in [-0.25, -0.2) is 8.78 Å². The molecule has 1 fully saturated rings. The van der Waals surface area contributed by atoms with E-state index in [1.165, 1.54) is 18.2 Å². The highest BCUT2D eigenvalue weighted by Gasteiger charge is 2.23. The van der Waals surface area contributed by atoms with Crippen molar-refractivity contribution in [1.29, 1.82) is 0 Å². The molecule has 1 amide bonds. The van der Waals surface area contributed by atoms with Gasteiger partial charge in [-0.2, -0.15) is 0 Å². The maximum Gasteiger partial charge on any atom is 0.220 e. The number of benzene rings is 1. The molecule has 1 aromatic carbocycles. The van der Waals surface area contributed by atoms with Gasteiger partial charge in [0.15, 0.2) is 0 Å². The molecule has 4 nitrogen and oxygen atoms in total. The molecule has 0 radical (unpaired) electrons. The number of nitrogens with one attached hydrogen (secondary N) is 1. The molecule has 0 aromatic heterocycles. The molecule has 0 bridgehead atoms. The molecule has 1 aromatic rings. The normalized spacial score (nSPS) is 19.3. The third-order valence-corrected chi connectivity index (χ3v) is 4.42. The van der Waals surface area contributed by atoms with Crippen molar-refractivity contribution in [3.8, 4) is 0 Å². The van der Waals surface area contributed by atoms with Crippen molar-refractivity contribution in [2.75, 3.05) is 27.2 Å². The van der Waals surface area contributed by atoms with Gasteiger partial charge in [0, 0.05) is 25.1 Å². The molecule has 134 valence electrons. The van der Waals surface area contributed by atoms with Crippen molar-refractivity contribution in [3.63, 3.8) is 0 Å². The third-order valence-electron chi connectivity index (χ3n) is 4.42. The fourth-order valence-electron chi connectivity index (χ4n) is 3.00. The number of carbonyl (C=O) groups is 1. The number of hydrogen-bond acceptors (Lipinski definition) is 3. The van der Waals surface area contributed by atoms with Crippen LogP contribution in [0.3, 0.4) is 0 Å². The summed E-state index contributed by atoms with van der Waals surface area (Å²) in [6.45, 7) is 0.927. The van der Waals surface area contributed by atoms with E-state index >= 15 is 0 Å². The van der Waals surface area contributed by atoms with Gasteiger partial charge in [0.1, 0.15) is 11.6 Å². The topological polar surface area (TPSA) is 41.6 Å². The van der Waals surface area contributed by atoms with Crippen molar-refractivity contribution < 1.29 is 18.3 Å². The number of amides is 1. The van der Waals surface area contributed by atoms with Crippen LogP contribution in [0.2, 0.25) is 0 Å². The van der Waals surface area contributed by atoms with Gasteiger partial charge >= 0.3 is 0 Å². The molecule has 0 unspecified atom stereocenters. The minimum atomic E-state index is -0.599. The van der Waals surface area contributed by atoms with E-state index in [0.717, 1.165) is 25.9 Å². The number of halogens is 2. The zero-order valence-corrected chi connectivity index (χ0v) is 14.4. The Morgan fingerprint density at radius 1 is 1.33 bits per heavy atom. The summed E-state index contributed by atoms with van der Waals surface area (Å²) in [5, 5.41) is 2.79. The highest BCUT2D eigenvalue weighted by molar-refractivity contribution is 5.75. The van der Waals surface area contributed by atoms with Crippen molar-refractivity contribution in [3.05, 3.63) is 35.4 Å². The zero-order valence-electron chi connectivity index (χ0n) is 14.4. The number of likely N-dealkylation sites (N-methyl/N-ethyl adjacent to an activating group) is 1. The molecule has 1 aliphatic heterocycles. The van der Waals surface area contributed by atoms with Crippen LogP contribution in [-0.4, -0.2) is 44.2 Å². The molecule has 1 N–H and O–H groups in total. The van der Waals surface area contributed by atoms with E-state index in [2.05, 4.69) is 5.32 Å². The molecule has 24 heavy (non-hydrogen) atoms. The molecule has 0 aliphatic carbocycles. The van der Waals surface area contributed by atoms with Crippen molar-refractivity contribution in [1.82, 2.24) is 10.2 Å². The van der Waals surface area contributed by atoms with Gasteiger partial charge in [-0.1, -0.05) is 6.07 Å². The predicted molar refractivity (Wildman–Crippen MR) is 88.6 cm³/mol. The number of rotatable bonds is 7. The van der Waals surface area contributed by atoms with Crippen LogP contribution in [0.5, 0.6) is 0 Å². The Labute approximate surface area is 142 Å². The Hall–Kier alpha value is -1.53. The van der Waals surface area contributed by atoms with Crippen LogP contribution in [0.4, 0.5) is 8.78 Å². The van der Waals surface area contributed by atoms with Gasteiger partial charge in [-0.15, -0.1) is 0 Å². The summed E-state index contributed by atoms with van der Waals surface area (Å²) in [5.74, 6) is -1.31. The summed E-state index contributed by atoms with van der Waals surface area (Å²) in [6.07, 6.45) is 4.42. The molecule has 1 aliphatic rings. The lowest BCUT2D eigenvalue weighted by molar-refractivity contribution is -0.122. The van der Waals surface area contributed by atoms with Crippen LogP contribution in [0.25, 0.3) is 0 Å². The maximum absolute atomic E-state index is 14.0. The van der Waals surface area contributed by atoms with Crippen LogP contribution in [-0.2, 0) is 9.53 Å². The lowest BCUT2D eigenvalue weighted by Crippen LogP contribution is -2.36. The first-order valence-electron chi connectivity index (χ1n) is 8.47. The SMILES string of the molecule is CN(C)[C@H](CNC(=O)CC[C@@H]1CCCCO1)c1c(F)cccc1F. The monoisotopic (exact) mass is 340 g/mol. The fraction of sp³-hybridized carbons (Fsp3) is 0.611. The molecule has 1 heterocycles. The second-order valence-corrected chi connectivity index (χ2v) is 6.45. The summed E-state index contributed by atoms with van der Waals surface area (Å²) in [7, 11) is 3.47. The Morgan fingerprint density at radius 2 is 2.04 bits per heavy atom. The van der Waals surface area contributed by atoms with E-state index in [1.807, 2.05) is 0 Å². The Bertz CT molecular complexity index is 526. The van der Waals surface area contributed by atoms with Crippen LogP contribution in [0.1, 0.15) is 43.7 Å². The third kappa shape index (κ3) is 5.24. The molecular formula is C18H26F2N2O2. The number of nitrogens with zero attached hydrogens (tertiary/aromatic N) is 1. The summed E-state index contributed by atoms with van der Waals surface area (Å²) < 4.78 is 33.6. The van der Waals surface area contributed by atoms with E-state index in [1.54, 1.807) is 19.0 Å². The lowest BCUT2D eigenvalue weighted by atomic mass is 10.0. The number of carbonyl (C=O) groups excluding carboxylic acids is 1. The van der Waals surface area contributed by atoms with Crippen molar-refractivity contribution >= 4 is 5.91 Å². The average Bonchev–Trinajstić information content (AvgIpc) is 2.56. The molecule has 0 spiro atoms. The standard InChI is InChI=1S/C18H26F2N2O2/c1-22(2)16(18-14(19)7-5-8-15(18)20)12-21-17(23)10-9-13-6-3-4-11-24-13/h5,7-8,13,16H,3-4,6,9-12H2,1-2H3,(H,21,23)/t13-,16+/m0/s1. The first-order chi connectivity index (χ1) is 11.5. The summed E-state index contributed by atoms with van der Waals surface area (Å²) in [4.78, 5) is 13.7. The Morgan fingerprint density at radius 3 is 2.62 bits per heavy atom. The Balaban J connectivity index is 1.88. The van der Waals surface area contributed by atoms with Gasteiger partial charge in [0.25, 0.3) is 0 Å². The fourth-order valence-corrected chi connectivity index (χ4v) is 3.00. The van der Waals surface area contributed by atoms with Gasteiger partial charge in [-0.3, -0.25) is 4.79 Å². The smallest absolute Gasteiger partial charge is 0.220 e. The minimum absolute atomic E-state index is 0.0154. The van der Waals surface area contributed by atoms with E-state index in [-0.39, 0.29) is 24.1 Å². The van der Waals surface area contributed by atoms with Crippen LogP contribution < -0.4 is 5.32 Å². The summed E-state index contributed by atoms with van der Waals surface area (Å²) >= 11 is 0. The van der Waals surface area contributed by atoms with Crippen molar-refractivity contribution in [2.24, 2.45) is 0 Å². The molecule has 1 saturated heterocycles. The highest BCUT2D eigenvalue weighted by atomic mass is 19.1. The number of hydrogen-bond donors (Lipinski definition) is 1. The minimum Gasteiger partial charge on any atom is -0.378 e. The first kappa shape index (κ1) is 18.8. The highest BCUT2D eigenvalue weighted by Crippen LogP contribution is 2.24. The second kappa shape index (κ2) is 9.08. The molecule has 2 rings (SSSR count). The quantitative estimate of drug-likeness (QED) is 0.829. The van der Waals surface area contributed by atoms with Crippen LogP contribution >= 0.6 is 0 Å². The van der Waals surface area contributed by atoms with Gasteiger partial charge in [-0.05, 0) is 51.9 Å². The van der Waals surface area contributed by atoms with E-state index in [9.17, 15) is 13.6 Å². The molecule has 0 saturated carbocycles. The number of ether oxygens (including phenoxy) is 1. The predicted octanol–water partition coefficient (Wildman–Crippen LogP) is 3.03. The van der Waals surface area contributed by atoms with Gasteiger partial charge < -0.3 is 15.0 Å². The lowest BCUT2D eigenvalue weighted by Gasteiger charge is -2.26. The van der Waals surface area contributed by atoms with E-state index < -0.39 is 17.7 Å². The van der Waals surface area contributed by atoms with Crippen LogP contribution in [0, 0.1) is 11.6 Å².